The van der Waals surface area contributed by atoms with Gasteiger partial charge in [0.05, 0.1) is 6.04 Å². The Hall–Kier alpha value is -1.79. The maximum Gasteiger partial charge on any atom is 0.275 e. The number of nitrogens with one attached hydrogen (secondary N) is 2. The van der Waals surface area contributed by atoms with E-state index < -0.39 is 0 Å². The first-order chi connectivity index (χ1) is 11.3. The number of hydrogen-bond acceptors (Lipinski definition) is 4. The lowest BCUT2D eigenvalue weighted by atomic mass is 10.0. The monoisotopic (exact) mass is 328 g/mol. The van der Waals surface area contributed by atoms with Crippen LogP contribution in [0.1, 0.15) is 33.4 Å². The van der Waals surface area contributed by atoms with Gasteiger partial charge in [0, 0.05) is 48.8 Å². The summed E-state index contributed by atoms with van der Waals surface area (Å²) in [6, 6.07) is 10.4. The minimum absolute atomic E-state index is 0.0559. The van der Waals surface area contributed by atoms with Gasteiger partial charge in [-0.1, -0.05) is 30.3 Å². The smallest absolute Gasteiger partial charge is 0.275 e. The summed E-state index contributed by atoms with van der Waals surface area (Å²) < 4.78 is 0. The lowest BCUT2D eigenvalue weighted by molar-refractivity contribution is 0.0694. The van der Waals surface area contributed by atoms with Crippen LogP contribution in [0.25, 0.3) is 0 Å². The Balaban J connectivity index is 1.64. The van der Waals surface area contributed by atoms with Crippen LogP contribution in [-0.4, -0.2) is 45.6 Å². The molecule has 2 N–H and O–H groups in total. The van der Waals surface area contributed by atoms with Crippen molar-refractivity contribution in [2.24, 2.45) is 0 Å². The minimum Gasteiger partial charge on any atom is -0.329 e. The van der Waals surface area contributed by atoms with Gasteiger partial charge in [-0.15, -0.1) is 0 Å². The van der Waals surface area contributed by atoms with Gasteiger partial charge in [-0.2, -0.15) is 16.9 Å². The van der Waals surface area contributed by atoms with Crippen molar-refractivity contribution >= 4 is 17.7 Å². The van der Waals surface area contributed by atoms with E-state index in [1.807, 2.05) is 34.9 Å². The van der Waals surface area contributed by atoms with Crippen molar-refractivity contribution in [3.05, 3.63) is 52.8 Å². The van der Waals surface area contributed by atoms with E-state index in [9.17, 15) is 4.79 Å². The summed E-state index contributed by atoms with van der Waals surface area (Å²) in [6.45, 7) is 2.44. The second-order valence-corrected chi connectivity index (χ2v) is 7.11. The summed E-state index contributed by atoms with van der Waals surface area (Å²) in [5.74, 6) is 1.99. The lowest BCUT2D eigenvalue weighted by Crippen LogP contribution is -2.41. The average molecular weight is 328 g/mol. The fourth-order valence-corrected chi connectivity index (χ4v) is 4.42. The summed E-state index contributed by atoms with van der Waals surface area (Å²) in [5, 5.41) is 10.7. The van der Waals surface area contributed by atoms with Crippen LogP contribution in [0, 0.1) is 0 Å². The first-order valence-corrected chi connectivity index (χ1v) is 9.20. The maximum absolute atomic E-state index is 13.1. The number of H-pyrrole nitrogens is 1. The van der Waals surface area contributed by atoms with Crippen LogP contribution in [0.2, 0.25) is 0 Å². The van der Waals surface area contributed by atoms with Crippen LogP contribution in [0.4, 0.5) is 0 Å². The fraction of sp³-hybridized carbons (Fsp3) is 0.412. The Kier molecular flexibility index (Phi) is 4.10. The molecule has 1 saturated heterocycles. The first-order valence-electron chi connectivity index (χ1n) is 8.05. The third-order valence-electron chi connectivity index (χ3n) is 4.58. The second kappa shape index (κ2) is 6.37. The van der Waals surface area contributed by atoms with E-state index in [4.69, 9.17) is 0 Å². The number of amides is 1. The Morgan fingerprint density at radius 2 is 2.17 bits per heavy atom. The van der Waals surface area contributed by atoms with E-state index in [0.717, 1.165) is 48.8 Å². The molecule has 2 aliphatic heterocycles. The number of benzene rings is 1. The number of nitrogens with zero attached hydrogens (tertiary/aromatic N) is 2. The molecule has 1 amide bonds. The van der Waals surface area contributed by atoms with Crippen molar-refractivity contribution < 1.29 is 4.79 Å². The summed E-state index contributed by atoms with van der Waals surface area (Å²) in [4.78, 5) is 15.1. The highest BCUT2D eigenvalue weighted by atomic mass is 32.2. The zero-order valence-electron chi connectivity index (χ0n) is 12.9. The van der Waals surface area contributed by atoms with Gasteiger partial charge in [0.15, 0.2) is 5.69 Å². The molecule has 0 bridgehead atoms. The third-order valence-corrected chi connectivity index (χ3v) is 5.61. The van der Waals surface area contributed by atoms with Gasteiger partial charge < -0.3 is 10.2 Å². The van der Waals surface area contributed by atoms with Crippen LogP contribution in [0.15, 0.2) is 30.3 Å². The number of thioether (sulfide) groups is 1. The summed E-state index contributed by atoms with van der Waals surface area (Å²) in [7, 11) is 0. The van der Waals surface area contributed by atoms with Crippen molar-refractivity contribution in [3.63, 3.8) is 0 Å². The van der Waals surface area contributed by atoms with Gasteiger partial charge in [0.1, 0.15) is 0 Å². The van der Waals surface area contributed by atoms with Crippen LogP contribution < -0.4 is 5.32 Å². The average Bonchev–Trinajstić information content (AvgIpc) is 3.06. The molecule has 2 aromatic rings. The SMILES string of the molecule is O=C(c1n[nH]c2c1CNCC2)N1CCSCC1c1ccccc1. The van der Waals surface area contributed by atoms with Crippen molar-refractivity contribution in [2.45, 2.75) is 19.0 Å². The van der Waals surface area contributed by atoms with Gasteiger partial charge in [-0.3, -0.25) is 9.89 Å². The molecule has 0 spiro atoms. The summed E-state index contributed by atoms with van der Waals surface area (Å²) >= 11 is 1.91. The highest BCUT2D eigenvalue weighted by molar-refractivity contribution is 7.99. The maximum atomic E-state index is 13.1. The van der Waals surface area contributed by atoms with E-state index in [0.29, 0.717) is 5.69 Å². The van der Waals surface area contributed by atoms with Crippen LogP contribution in [0.5, 0.6) is 0 Å². The zero-order chi connectivity index (χ0) is 15.6. The summed E-state index contributed by atoms with van der Waals surface area (Å²) in [6.07, 6.45) is 0.910. The Morgan fingerprint density at radius 3 is 3.04 bits per heavy atom. The van der Waals surface area contributed by atoms with E-state index in [2.05, 4.69) is 27.6 Å². The predicted octanol–water partition coefficient (Wildman–Crippen LogP) is 1.99. The Morgan fingerprint density at radius 1 is 1.30 bits per heavy atom. The van der Waals surface area contributed by atoms with Crippen molar-refractivity contribution in [2.75, 3.05) is 24.6 Å². The number of aromatic nitrogens is 2. The quantitative estimate of drug-likeness (QED) is 0.885. The van der Waals surface area contributed by atoms with Crippen molar-refractivity contribution in [1.29, 1.82) is 0 Å². The molecule has 1 unspecified atom stereocenters. The van der Waals surface area contributed by atoms with E-state index in [1.54, 1.807) is 0 Å². The van der Waals surface area contributed by atoms with Gasteiger partial charge in [0.2, 0.25) is 0 Å². The Bertz CT molecular complexity index is 700. The number of fused-ring (bicyclic) bond motifs is 1. The molecule has 1 aromatic heterocycles. The van der Waals surface area contributed by atoms with Crippen LogP contribution in [0.3, 0.4) is 0 Å². The number of carbonyl (C=O) groups excluding carboxylic acids is 1. The molecule has 5 nitrogen and oxygen atoms in total. The van der Waals surface area contributed by atoms with Gasteiger partial charge in [0.25, 0.3) is 5.91 Å². The largest absolute Gasteiger partial charge is 0.329 e. The number of aromatic amines is 1. The minimum atomic E-state index is 0.0559. The molecule has 2 aliphatic rings. The molecule has 1 fully saturated rings. The summed E-state index contributed by atoms with van der Waals surface area (Å²) in [5.41, 5.74) is 3.96. The molecule has 1 aromatic carbocycles. The van der Waals surface area contributed by atoms with Crippen LogP contribution in [-0.2, 0) is 13.0 Å². The lowest BCUT2D eigenvalue weighted by Gasteiger charge is -2.35. The van der Waals surface area contributed by atoms with Crippen molar-refractivity contribution in [3.8, 4) is 0 Å². The molecule has 4 rings (SSSR count). The molecule has 1 atom stereocenters. The van der Waals surface area contributed by atoms with E-state index in [1.165, 1.54) is 5.56 Å². The van der Waals surface area contributed by atoms with E-state index in [-0.39, 0.29) is 11.9 Å². The number of hydrogen-bond donors (Lipinski definition) is 2. The number of carbonyl (C=O) groups is 1. The second-order valence-electron chi connectivity index (χ2n) is 5.96. The van der Waals surface area contributed by atoms with Gasteiger partial charge in [-0.25, -0.2) is 0 Å². The molecule has 23 heavy (non-hydrogen) atoms. The zero-order valence-corrected chi connectivity index (χ0v) is 13.7. The molecular formula is C17H20N4OS. The third kappa shape index (κ3) is 2.77. The predicted molar refractivity (Wildman–Crippen MR) is 91.5 cm³/mol. The highest BCUT2D eigenvalue weighted by Crippen LogP contribution is 2.31. The highest BCUT2D eigenvalue weighted by Gasteiger charge is 2.32. The molecular weight excluding hydrogens is 308 g/mol. The topological polar surface area (TPSA) is 61.0 Å². The van der Waals surface area contributed by atoms with Crippen LogP contribution >= 0.6 is 11.8 Å². The standard InChI is InChI=1S/C17H20N4OS/c22-17(16-13-10-18-7-6-14(13)19-20-16)21-8-9-23-11-15(21)12-4-2-1-3-5-12/h1-5,15,18H,6-11H2,(H,19,20). The number of rotatable bonds is 2. The molecule has 3 heterocycles. The van der Waals surface area contributed by atoms with Gasteiger partial charge >= 0.3 is 0 Å². The first kappa shape index (κ1) is 14.8. The molecule has 0 aliphatic carbocycles. The molecule has 6 heteroatoms. The Labute approximate surface area is 139 Å². The van der Waals surface area contributed by atoms with E-state index >= 15 is 0 Å². The molecule has 0 saturated carbocycles. The fourth-order valence-electron chi connectivity index (χ4n) is 3.34. The molecule has 0 radical (unpaired) electrons. The van der Waals surface area contributed by atoms with Gasteiger partial charge in [-0.05, 0) is 5.56 Å². The normalized spacial score (nSPS) is 21.0. The van der Waals surface area contributed by atoms with Crippen molar-refractivity contribution in [1.82, 2.24) is 20.4 Å². The molecule has 120 valence electrons.